The third-order valence-corrected chi connectivity index (χ3v) is 3.76. The van der Waals surface area contributed by atoms with Crippen molar-refractivity contribution in [2.75, 3.05) is 24.6 Å². The highest BCUT2D eigenvalue weighted by Crippen LogP contribution is 2.25. The van der Waals surface area contributed by atoms with Crippen molar-refractivity contribution in [2.45, 2.75) is 25.9 Å². The van der Waals surface area contributed by atoms with Gasteiger partial charge in [-0.2, -0.15) is 4.98 Å². The van der Waals surface area contributed by atoms with Crippen LogP contribution >= 0.6 is 11.6 Å². The van der Waals surface area contributed by atoms with Crippen LogP contribution in [0.25, 0.3) is 0 Å². The minimum Gasteiger partial charge on any atom is -0.370 e. The lowest BCUT2D eigenvalue weighted by atomic mass is 10.1. The van der Waals surface area contributed by atoms with Crippen molar-refractivity contribution < 1.29 is 9.26 Å². The summed E-state index contributed by atoms with van der Waals surface area (Å²) in [5.41, 5.74) is 1.11. The van der Waals surface area contributed by atoms with Crippen LogP contribution in [0.3, 0.4) is 0 Å². The first-order chi connectivity index (χ1) is 10.3. The Morgan fingerprint density at radius 2 is 2.14 bits per heavy atom. The van der Waals surface area contributed by atoms with Gasteiger partial charge < -0.3 is 14.2 Å². The summed E-state index contributed by atoms with van der Waals surface area (Å²) in [6.45, 7) is 4.22. The molecule has 112 valence electrons. The number of benzene rings is 1. The molecule has 1 aromatic heterocycles. The van der Waals surface area contributed by atoms with Crippen molar-refractivity contribution in [3.63, 3.8) is 0 Å². The van der Waals surface area contributed by atoms with E-state index in [1.54, 1.807) is 0 Å². The standard InChI is InChI=1S/C15H18ClN3O2/c1-2-3-14-17-15(18-21-14)19-8-9-20-13(10-19)11-4-6-12(16)7-5-11/h4-7,13H,2-3,8-10H2,1H3/t13-/m0/s1. The van der Waals surface area contributed by atoms with E-state index in [4.69, 9.17) is 20.9 Å². The summed E-state index contributed by atoms with van der Waals surface area (Å²) >= 11 is 5.92. The molecule has 2 heterocycles. The zero-order valence-corrected chi connectivity index (χ0v) is 12.7. The summed E-state index contributed by atoms with van der Waals surface area (Å²) in [4.78, 5) is 6.54. The second-order valence-corrected chi connectivity index (χ2v) is 5.53. The van der Waals surface area contributed by atoms with Crippen molar-refractivity contribution in [1.29, 1.82) is 0 Å². The van der Waals surface area contributed by atoms with Gasteiger partial charge in [0.15, 0.2) is 0 Å². The van der Waals surface area contributed by atoms with Crippen LogP contribution in [0.1, 0.15) is 30.9 Å². The minimum absolute atomic E-state index is 0.00384. The van der Waals surface area contributed by atoms with Gasteiger partial charge in [0.1, 0.15) is 6.10 Å². The molecular weight excluding hydrogens is 290 g/mol. The molecule has 0 bridgehead atoms. The molecule has 21 heavy (non-hydrogen) atoms. The molecule has 0 radical (unpaired) electrons. The van der Waals surface area contributed by atoms with Gasteiger partial charge in [0.25, 0.3) is 5.95 Å². The smallest absolute Gasteiger partial charge is 0.266 e. The molecule has 1 aliphatic heterocycles. The highest BCUT2D eigenvalue weighted by Gasteiger charge is 2.25. The van der Waals surface area contributed by atoms with E-state index in [2.05, 4.69) is 22.0 Å². The van der Waals surface area contributed by atoms with Gasteiger partial charge in [-0.05, 0) is 29.3 Å². The molecular formula is C15H18ClN3O2. The number of nitrogens with zero attached hydrogens (tertiary/aromatic N) is 3. The Labute approximate surface area is 128 Å². The van der Waals surface area contributed by atoms with Gasteiger partial charge >= 0.3 is 0 Å². The molecule has 3 rings (SSSR count). The number of hydrogen-bond donors (Lipinski definition) is 0. The summed E-state index contributed by atoms with van der Waals surface area (Å²) in [6, 6.07) is 7.75. The first-order valence-corrected chi connectivity index (χ1v) is 7.58. The largest absolute Gasteiger partial charge is 0.370 e. The lowest BCUT2D eigenvalue weighted by molar-refractivity contribution is 0.0391. The molecule has 0 amide bonds. The molecule has 0 spiro atoms. The molecule has 5 nitrogen and oxygen atoms in total. The Morgan fingerprint density at radius 3 is 2.90 bits per heavy atom. The first kappa shape index (κ1) is 14.4. The van der Waals surface area contributed by atoms with Gasteiger partial charge in [-0.15, -0.1) is 0 Å². The van der Waals surface area contributed by atoms with Crippen LogP contribution in [0.5, 0.6) is 0 Å². The molecule has 1 fully saturated rings. The maximum atomic E-state index is 5.92. The Kier molecular flexibility index (Phi) is 4.41. The average Bonchev–Trinajstić information content (AvgIpc) is 2.97. The zero-order chi connectivity index (χ0) is 14.7. The number of aromatic nitrogens is 2. The van der Waals surface area contributed by atoms with Gasteiger partial charge in [-0.25, -0.2) is 0 Å². The van der Waals surface area contributed by atoms with Gasteiger partial charge in [0, 0.05) is 18.0 Å². The second-order valence-electron chi connectivity index (χ2n) is 5.10. The van der Waals surface area contributed by atoms with E-state index in [0.29, 0.717) is 25.0 Å². The first-order valence-electron chi connectivity index (χ1n) is 7.21. The highest BCUT2D eigenvalue weighted by molar-refractivity contribution is 6.30. The van der Waals surface area contributed by atoms with E-state index in [1.807, 2.05) is 24.3 Å². The van der Waals surface area contributed by atoms with E-state index in [1.165, 1.54) is 0 Å². The number of ether oxygens (including phenoxy) is 1. The van der Waals surface area contributed by atoms with E-state index >= 15 is 0 Å². The number of hydrogen-bond acceptors (Lipinski definition) is 5. The Morgan fingerprint density at radius 1 is 1.33 bits per heavy atom. The molecule has 1 aliphatic rings. The van der Waals surface area contributed by atoms with Crippen LogP contribution in [0, 0.1) is 0 Å². The predicted molar refractivity (Wildman–Crippen MR) is 80.7 cm³/mol. The Hall–Kier alpha value is -1.59. The summed E-state index contributed by atoms with van der Waals surface area (Å²) in [5.74, 6) is 1.35. The SMILES string of the molecule is CCCc1nc(N2CCO[C@H](c3ccc(Cl)cc3)C2)no1. The third-order valence-electron chi connectivity index (χ3n) is 3.51. The number of anilines is 1. The lowest BCUT2D eigenvalue weighted by Gasteiger charge is -2.32. The quantitative estimate of drug-likeness (QED) is 0.868. The van der Waals surface area contributed by atoms with Crippen LogP contribution in [-0.4, -0.2) is 29.8 Å². The number of morpholine rings is 1. The lowest BCUT2D eigenvalue weighted by Crippen LogP contribution is -2.39. The molecule has 1 saturated heterocycles. The number of rotatable bonds is 4. The van der Waals surface area contributed by atoms with Crippen molar-refractivity contribution >= 4 is 17.5 Å². The molecule has 0 aliphatic carbocycles. The monoisotopic (exact) mass is 307 g/mol. The fraction of sp³-hybridized carbons (Fsp3) is 0.467. The maximum Gasteiger partial charge on any atom is 0.266 e. The van der Waals surface area contributed by atoms with Crippen molar-refractivity contribution in [2.24, 2.45) is 0 Å². The van der Waals surface area contributed by atoms with Crippen molar-refractivity contribution in [3.8, 4) is 0 Å². The summed E-state index contributed by atoms with van der Waals surface area (Å²) < 4.78 is 11.1. The van der Waals surface area contributed by atoms with Crippen molar-refractivity contribution in [1.82, 2.24) is 10.1 Å². The second kappa shape index (κ2) is 6.45. The number of aryl methyl sites for hydroxylation is 1. The van der Waals surface area contributed by atoms with Crippen LogP contribution in [0.4, 0.5) is 5.95 Å². The van der Waals surface area contributed by atoms with Gasteiger partial charge in [0.05, 0.1) is 13.2 Å². The zero-order valence-electron chi connectivity index (χ0n) is 12.0. The molecule has 0 saturated carbocycles. The van der Waals surface area contributed by atoms with Crippen LogP contribution in [0.15, 0.2) is 28.8 Å². The molecule has 1 aromatic carbocycles. The van der Waals surface area contributed by atoms with E-state index in [-0.39, 0.29) is 6.10 Å². The molecule has 0 unspecified atom stereocenters. The van der Waals surface area contributed by atoms with Crippen LogP contribution in [0.2, 0.25) is 5.02 Å². The Balaban J connectivity index is 1.71. The fourth-order valence-electron chi connectivity index (χ4n) is 2.40. The normalized spacial score (nSPS) is 19.0. The van der Waals surface area contributed by atoms with Gasteiger partial charge in [0.2, 0.25) is 5.89 Å². The summed E-state index contributed by atoms with van der Waals surface area (Å²) in [6.07, 6.45) is 1.82. The van der Waals surface area contributed by atoms with Gasteiger partial charge in [-0.3, -0.25) is 0 Å². The van der Waals surface area contributed by atoms with Gasteiger partial charge in [-0.1, -0.05) is 30.7 Å². The van der Waals surface area contributed by atoms with E-state index in [9.17, 15) is 0 Å². The van der Waals surface area contributed by atoms with E-state index < -0.39 is 0 Å². The average molecular weight is 308 g/mol. The topological polar surface area (TPSA) is 51.4 Å². The summed E-state index contributed by atoms with van der Waals surface area (Å²) in [7, 11) is 0. The van der Waals surface area contributed by atoms with Crippen LogP contribution < -0.4 is 4.90 Å². The fourth-order valence-corrected chi connectivity index (χ4v) is 2.53. The molecule has 2 aromatic rings. The van der Waals surface area contributed by atoms with E-state index in [0.717, 1.165) is 30.0 Å². The minimum atomic E-state index is 0.00384. The number of halogens is 1. The molecule has 0 N–H and O–H groups in total. The van der Waals surface area contributed by atoms with Crippen LogP contribution in [-0.2, 0) is 11.2 Å². The predicted octanol–water partition coefficient (Wildman–Crippen LogP) is 3.25. The third kappa shape index (κ3) is 3.36. The molecule has 6 heteroatoms. The summed E-state index contributed by atoms with van der Waals surface area (Å²) in [5, 5.41) is 4.79. The maximum absolute atomic E-state index is 5.92. The highest BCUT2D eigenvalue weighted by atomic mass is 35.5. The van der Waals surface area contributed by atoms with Crippen molar-refractivity contribution in [3.05, 3.63) is 40.7 Å². The Bertz CT molecular complexity index is 585. The molecule has 1 atom stereocenters.